The summed E-state index contributed by atoms with van der Waals surface area (Å²) in [7, 11) is 0. The van der Waals surface area contributed by atoms with Gasteiger partial charge in [0.05, 0.1) is 34.1 Å². The first-order chi connectivity index (χ1) is 12.5. The maximum Gasteiger partial charge on any atom is 0.302 e. The molecule has 3 aromatic rings. The maximum absolute atomic E-state index is 11.2. The summed E-state index contributed by atoms with van der Waals surface area (Å²) in [6.07, 6.45) is 5.95. The summed E-state index contributed by atoms with van der Waals surface area (Å²) in [5.41, 5.74) is 1.55. The van der Waals surface area contributed by atoms with Crippen LogP contribution in [0.2, 0.25) is 10.0 Å². The molecule has 4 rings (SSSR count). The predicted molar refractivity (Wildman–Crippen MR) is 101 cm³/mol. The third kappa shape index (κ3) is 3.10. The fraction of sp³-hybridized carbons (Fsp3) is 0.278. The molecular weight excluding hydrogens is 375 g/mol. The number of benzene rings is 1. The van der Waals surface area contributed by atoms with Gasteiger partial charge in [-0.3, -0.25) is 4.79 Å². The van der Waals surface area contributed by atoms with Crippen LogP contribution in [0.25, 0.3) is 16.6 Å². The first-order valence-electron chi connectivity index (χ1n) is 8.22. The zero-order valence-corrected chi connectivity index (χ0v) is 15.5. The van der Waals surface area contributed by atoms with E-state index in [-0.39, 0.29) is 12.1 Å². The Balaban J connectivity index is 1.81. The molecule has 0 N–H and O–H groups in total. The van der Waals surface area contributed by atoms with E-state index in [2.05, 4.69) is 9.88 Å². The lowest BCUT2D eigenvalue weighted by molar-refractivity contribution is -0.145. The SMILES string of the molecule is CC(=O)OC1CCN(c2cc(-n3ccnc3)c3ccc(Cl)c(Cl)c3n2)C1. The molecule has 1 fully saturated rings. The Morgan fingerprint density at radius 1 is 1.35 bits per heavy atom. The first-order valence-corrected chi connectivity index (χ1v) is 8.98. The normalized spacial score (nSPS) is 17.0. The minimum absolute atomic E-state index is 0.128. The number of esters is 1. The molecule has 0 amide bonds. The van der Waals surface area contributed by atoms with Gasteiger partial charge in [-0.05, 0) is 12.1 Å². The Hall–Kier alpha value is -2.31. The monoisotopic (exact) mass is 390 g/mol. The molecule has 3 heterocycles. The van der Waals surface area contributed by atoms with Crippen molar-refractivity contribution in [3.05, 3.63) is 47.0 Å². The number of fused-ring (bicyclic) bond motifs is 1. The summed E-state index contributed by atoms with van der Waals surface area (Å²) < 4.78 is 7.24. The van der Waals surface area contributed by atoms with Crippen LogP contribution in [0.15, 0.2) is 36.9 Å². The van der Waals surface area contributed by atoms with Gasteiger partial charge < -0.3 is 14.2 Å². The quantitative estimate of drug-likeness (QED) is 0.635. The van der Waals surface area contributed by atoms with Gasteiger partial charge in [-0.25, -0.2) is 9.97 Å². The fourth-order valence-electron chi connectivity index (χ4n) is 3.25. The van der Waals surface area contributed by atoms with Crippen LogP contribution in [0.3, 0.4) is 0 Å². The number of ether oxygens (including phenoxy) is 1. The molecule has 26 heavy (non-hydrogen) atoms. The van der Waals surface area contributed by atoms with Crippen LogP contribution in [0.5, 0.6) is 0 Å². The van der Waals surface area contributed by atoms with E-state index >= 15 is 0 Å². The third-order valence-electron chi connectivity index (χ3n) is 4.42. The Morgan fingerprint density at radius 2 is 2.19 bits per heavy atom. The number of imidazole rings is 1. The average molecular weight is 391 g/mol. The van der Waals surface area contributed by atoms with Gasteiger partial charge >= 0.3 is 5.97 Å². The molecule has 1 aliphatic rings. The number of halogens is 2. The number of carbonyl (C=O) groups excluding carboxylic acids is 1. The molecule has 0 saturated carbocycles. The van der Waals surface area contributed by atoms with Gasteiger partial charge in [-0.2, -0.15) is 0 Å². The summed E-state index contributed by atoms with van der Waals surface area (Å²) in [6, 6.07) is 5.66. The van der Waals surface area contributed by atoms with E-state index in [0.29, 0.717) is 22.1 Å². The molecule has 1 atom stereocenters. The molecule has 134 valence electrons. The van der Waals surface area contributed by atoms with E-state index in [0.717, 1.165) is 29.9 Å². The lowest BCUT2D eigenvalue weighted by Gasteiger charge is -2.20. The van der Waals surface area contributed by atoms with Gasteiger partial charge in [-0.1, -0.05) is 23.2 Å². The molecular formula is C18H16Cl2N4O2. The van der Waals surface area contributed by atoms with Gasteiger partial charge in [0.2, 0.25) is 0 Å². The van der Waals surface area contributed by atoms with Gasteiger partial charge in [0, 0.05) is 43.7 Å². The van der Waals surface area contributed by atoms with E-state index in [1.54, 1.807) is 18.6 Å². The minimum Gasteiger partial charge on any atom is -0.461 e. The largest absolute Gasteiger partial charge is 0.461 e. The van der Waals surface area contributed by atoms with Crippen LogP contribution in [0.1, 0.15) is 13.3 Å². The topological polar surface area (TPSA) is 60.2 Å². The minimum atomic E-state index is -0.266. The Bertz CT molecular complexity index is 975. The summed E-state index contributed by atoms with van der Waals surface area (Å²) in [5, 5.41) is 1.76. The molecule has 1 unspecified atom stereocenters. The predicted octanol–water partition coefficient (Wildman–Crippen LogP) is 3.87. The standard InChI is InChI=1S/C18H16Cl2N4O2/c1-11(25)26-12-4-6-23(9-12)16-8-15(24-7-5-21-10-24)13-2-3-14(19)17(20)18(13)22-16/h2-3,5,7-8,10,12H,4,6,9H2,1H3. The van der Waals surface area contributed by atoms with Gasteiger partial charge in [0.25, 0.3) is 0 Å². The number of rotatable bonds is 3. The van der Waals surface area contributed by atoms with E-state index in [1.165, 1.54) is 6.92 Å². The van der Waals surface area contributed by atoms with Crippen molar-refractivity contribution in [2.45, 2.75) is 19.4 Å². The molecule has 2 aromatic heterocycles. The van der Waals surface area contributed by atoms with E-state index in [4.69, 9.17) is 32.9 Å². The van der Waals surface area contributed by atoms with E-state index in [1.807, 2.05) is 22.9 Å². The Labute approximate surface area is 160 Å². The van der Waals surface area contributed by atoms with Crippen LogP contribution < -0.4 is 4.90 Å². The highest BCUT2D eigenvalue weighted by atomic mass is 35.5. The van der Waals surface area contributed by atoms with Gasteiger partial charge in [-0.15, -0.1) is 0 Å². The van der Waals surface area contributed by atoms with E-state index in [9.17, 15) is 4.79 Å². The van der Waals surface area contributed by atoms with Crippen molar-refractivity contribution in [3.63, 3.8) is 0 Å². The molecule has 0 aliphatic carbocycles. The van der Waals surface area contributed by atoms with Crippen molar-refractivity contribution in [2.24, 2.45) is 0 Å². The molecule has 0 radical (unpaired) electrons. The number of anilines is 1. The number of nitrogens with zero attached hydrogens (tertiary/aromatic N) is 4. The second kappa shape index (κ2) is 6.78. The van der Waals surface area contributed by atoms with Crippen LogP contribution >= 0.6 is 23.2 Å². The molecule has 1 aliphatic heterocycles. The lowest BCUT2D eigenvalue weighted by Crippen LogP contribution is -2.25. The number of hydrogen-bond donors (Lipinski definition) is 0. The van der Waals surface area contributed by atoms with Gasteiger partial charge in [0.1, 0.15) is 11.9 Å². The summed E-state index contributed by atoms with van der Waals surface area (Å²) >= 11 is 12.6. The van der Waals surface area contributed by atoms with Crippen LogP contribution in [0, 0.1) is 0 Å². The summed E-state index contributed by atoms with van der Waals surface area (Å²) in [5.74, 6) is 0.497. The molecule has 1 saturated heterocycles. The van der Waals surface area contributed by atoms with Crippen molar-refractivity contribution in [1.29, 1.82) is 0 Å². The van der Waals surface area contributed by atoms with Crippen molar-refractivity contribution < 1.29 is 9.53 Å². The van der Waals surface area contributed by atoms with Crippen LogP contribution in [-0.4, -0.2) is 39.7 Å². The Kier molecular flexibility index (Phi) is 4.46. The first kappa shape index (κ1) is 17.1. The van der Waals surface area contributed by atoms with Crippen molar-refractivity contribution in [3.8, 4) is 5.69 Å². The average Bonchev–Trinajstić information content (AvgIpc) is 3.29. The summed E-state index contributed by atoms with van der Waals surface area (Å²) in [6.45, 7) is 2.77. The lowest BCUT2D eigenvalue weighted by atomic mass is 10.1. The highest BCUT2D eigenvalue weighted by molar-refractivity contribution is 6.45. The molecule has 0 spiro atoms. The number of carbonyl (C=O) groups is 1. The number of aromatic nitrogens is 3. The summed E-state index contributed by atoms with van der Waals surface area (Å²) in [4.78, 5) is 22.2. The molecule has 1 aromatic carbocycles. The van der Waals surface area contributed by atoms with Crippen LogP contribution in [0.4, 0.5) is 5.82 Å². The van der Waals surface area contributed by atoms with Crippen LogP contribution in [-0.2, 0) is 9.53 Å². The molecule has 6 nitrogen and oxygen atoms in total. The highest BCUT2D eigenvalue weighted by Gasteiger charge is 2.27. The molecule has 0 bridgehead atoms. The fourth-order valence-corrected chi connectivity index (χ4v) is 3.61. The second-order valence-corrected chi connectivity index (χ2v) is 6.98. The zero-order chi connectivity index (χ0) is 18.3. The molecule has 8 heteroatoms. The highest BCUT2D eigenvalue weighted by Crippen LogP contribution is 2.35. The zero-order valence-electron chi connectivity index (χ0n) is 14.0. The second-order valence-electron chi connectivity index (χ2n) is 6.19. The smallest absolute Gasteiger partial charge is 0.302 e. The van der Waals surface area contributed by atoms with Crippen molar-refractivity contribution in [1.82, 2.24) is 14.5 Å². The number of pyridine rings is 1. The number of hydrogen-bond acceptors (Lipinski definition) is 5. The van der Waals surface area contributed by atoms with Gasteiger partial charge in [0.15, 0.2) is 0 Å². The maximum atomic E-state index is 11.2. The van der Waals surface area contributed by atoms with E-state index < -0.39 is 0 Å². The Morgan fingerprint density at radius 3 is 2.92 bits per heavy atom. The third-order valence-corrected chi connectivity index (χ3v) is 5.22. The van der Waals surface area contributed by atoms with Crippen molar-refractivity contribution >= 4 is 45.9 Å². The van der Waals surface area contributed by atoms with Crippen molar-refractivity contribution in [2.75, 3.05) is 18.0 Å².